The van der Waals surface area contributed by atoms with Crippen LogP contribution in [0, 0.1) is 10.1 Å². The van der Waals surface area contributed by atoms with Crippen molar-refractivity contribution < 1.29 is 19.6 Å². The van der Waals surface area contributed by atoms with Crippen LogP contribution in [0.15, 0.2) is 24.3 Å². The predicted molar refractivity (Wildman–Crippen MR) is 68.2 cm³/mol. The van der Waals surface area contributed by atoms with E-state index in [1.807, 2.05) is 0 Å². The number of hydrogen-bond donors (Lipinski definition) is 2. The second-order valence-electron chi connectivity index (χ2n) is 4.75. The van der Waals surface area contributed by atoms with E-state index in [0.717, 1.165) is 0 Å². The van der Waals surface area contributed by atoms with Crippen molar-refractivity contribution in [1.29, 1.82) is 0 Å². The maximum atomic E-state index is 12.2. The third kappa shape index (κ3) is 2.45. The van der Waals surface area contributed by atoms with Gasteiger partial charge in [-0.15, -0.1) is 0 Å². The van der Waals surface area contributed by atoms with Crippen molar-refractivity contribution in [2.45, 2.75) is 12.0 Å². The van der Waals surface area contributed by atoms with E-state index in [0.29, 0.717) is 0 Å². The third-order valence-electron chi connectivity index (χ3n) is 3.32. The number of carbonyl (C=O) groups is 2. The van der Waals surface area contributed by atoms with E-state index in [-0.39, 0.29) is 30.8 Å². The van der Waals surface area contributed by atoms with Crippen LogP contribution in [0.2, 0.25) is 0 Å². The van der Waals surface area contributed by atoms with E-state index in [2.05, 4.69) is 0 Å². The molecule has 1 aliphatic heterocycles. The fourth-order valence-corrected chi connectivity index (χ4v) is 2.12. The van der Waals surface area contributed by atoms with Gasteiger partial charge in [-0.05, 0) is 12.5 Å². The number of likely N-dealkylation sites (tertiary alicyclic amines) is 1. The van der Waals surface area contributed by atoms with Crippen LogP contribution in [0.1, 0.15) is 16.8 Å². The summed E-state index contributed by atoms with van der Waals surface area (Å²) in [6.45, 7) is 0.105. The lowest BCUT2D eigenvalue weighted by Gasteiger charge is -2.20. The Balaban J connectivity index is 2.19. The number of hydrogen-bond acceptors (Lipinski definition) is 5. The van der Waals surface area contributed by atoms with Crippen molar-refractivity contribution in [2.24, 2.45) is 5.73 Å². The summed E-state index contributed by atoms with van der Waals surface area (Å²) >= 11 is 0. The van der Waals surface area contributed by atoms with Gasteiger partial charge in [0.25, 0.3) is 11.6 Å². The van der Waals surface area contributed by atoms with Gasteiger partial charge in [0.05, 0.1) is 4.92 Å². The summed E-state index contributed by atoms with van der Waals surface area (Å²) in [7, 11) is 0. The Morgan fingerprint density at radius 3 is 2.70 bits per heavy atom. The van der Waals surface area contributed by atoms with Crippen molar-refractivity contribution in [1.82, 2.24) is 4.90 Å². The molecule has 3 N–H and O–H groups in total. The molecule has 2 rings (SSSR count). The fourth-order valence-electron chi connectivity index (χ4n) is 2.12. The Kier molecular flexibility index (Phi) is 3.41. The first-order valence-corrected chi connectivity index (χ1v) is 5.89. The number of nitro benzene ring substituents is 1. The fraction of sp³-hybridized carbons (Fsp3) is 0.333. The highest BCUT2D eigenvalue weighted by Gasteiger charge is 2.43. The third-order valence-corrected chi connectivity index (χ3v) is 3.32. The van der Waals surface area contributed by atoms with E-state index >= 15 is 0 Å². The molecule has 1 heterocycles. The Morgan fingerprint density at radius 2 is 2.15 bits per heavy atom. The van der Waals surface area contributed by atoms with Crippen molar-refractivity contribution in [3.63, 3.8) is 0 Å². The van der Waals surface area contributed by atoms with Crippen LogP contribution in [0.5, 0.6) is 0 Å². The van der Waals surface area contributed by atoms with Crippen LogP contribution < -0.4 is 5.73 Å². The lowest BCUT2D eigenvalue weighted by molar-refractivity contribution is -0.384. The zero-order valence-corrected chi connectivity index (χ0v) is 10.5. The molecular weight excluding hydrogens is 266 g/mol. The van der Waals surface area contributed by atoms with E-state index in [9.17, 15) is 19.7 Å². The summed E-state index contributed by atoms with van der Waals surface area (Å²) in [6.07, 6.45) is 0.156. The molecule has 1 fully saturated rings. The number of nitrogens with zero attached hydrogens (tertiary/aromatic N) is 2. The average Bonchev–Trinajstić information content (AvgIpc) is 2.82. The average molecular weight is 279 g/mol. The molecule has 1 amide bonds. The summed E-state index contributed by atoms with van der Waals surface area (Å²) in [4.78, 5) is 34.6. The molecule has 106 valence electrons. The summed E-state index contributed by atoms with van der Waals surface area (Å²) in [5.74, 6) is -1.62. The van der Waals surface area contributed by atoms with E-state index in [1.54, 1.807) is 0 Å². The minimum atomic E-state index is -1.45. The summed E-state index contributed by atoms with van der Waals surface area (Å²) in [5.41, 5.74) is 4.20. The van der Waals surface area contributed by atoms with Crippen LogP contribution in [-0.2, 0) is 4.79 Å². The molecule has 8 nitrogen and oxygen atoms in total. The van der Waals surface area contributed by atoms with Crippen LogP contribution in [0.4, 0.5) is 5.69 Å². The van der Waals surface area contributed by atoms with Crippen molar-refractivity contribution in [2.75, 3.05) is 13.1 Å². The largest absolute Gasteiger partial charge is 0.480 e. The molecule has 8 heteroatoms. The minimum absolute atomic E-state index is 0.107. The molecule has 0 aliphatic carbocycles. The molecule has 1 aromatic rings. The Hall–Kier alpha value is -2.48. The smallest absolute Gasteiger partial charge is 0.325 e. The summed E-state index contributed by atoms with van der Waals surface area (Å²) in [6, 6.07) is 5.31. The number of carboxylic acids is 1. The van der Waals surface area contributed by atoms with Gasteiger partial charge >= 0.3 is 5.97 Å². The van der Waals surface area contributed by atoms with Gasteiger partial charge in [-0.1, -0.05) is 6.07 Å². The second-order valence-corrected chi connectivity index (χ2v) is 4.75. The number of benzene rings is 1. The van der Waals surface area contributed by atoms with Crippen molar-refractivity contribution in [3.05, 3.63) is 39.9 Å². The summed E-state index contributed by atoms with van der Waals surface area (Å²) in [5, 5.41) is 19.7. The first-order chi connectivity index (χ1) is 9.33. The standard InChI is InChI=1S/C12H13N3O5/c13-12(11(17)18)4-5-14(7-12)10(16)8-2-1-3-9(6-8)15(19)20/h1-3,6H,4-5,7,13H2,(H,17,18). The van der Waals surface area contributed by atoms with Gasteiger partial charge in [0.1, 0.15) is 5.54 Å². The highest BCUT2D eigenvalue weighted by molar-refractivity contribution is 5.96. The first-order valence-electron chi connectivity index (χ1n) is 5.89. The van der Waals surface area contributed by atoms with E-state index in [1.165, 1.54) is 29.2 Å². The zero-order chi connectivity index (χ0) is 14.9. The van der Waals surface area contributed by atoms with Crippen LogP contribution in [0.3, 0.4) is 0 Å². The van der Waals surface area contributed by atoms with Crippen LogP contribution in [0.25, 0.3) is 0 Å². The maximum absolute atomic E-state index is 12.2. The highest BCUT2D eigenvalue weighted by atomic mass is 16.6. The van der Waals surface area contributed by atoms with Crippen LogP contribution in [-0.4, -0.2) is 45.4 Å². The maximum Gasteiger partial charge on any atom is 0.325 e. The normalized spacial score (nSPS) is 21.8. The van der Waals surface area contributed by atoms with E-state index in [4.69, 9.17) is 10.8 Å². The molecule has 1 saturated heterocycles. The molecular formula is C12H13N3O5. The molecule has 1 unspecified atom stereocenters. The Labute approximate surface area is 113 Å². The predicted octanol–water partition coefficient (Wildman–Crippen LogP) is 0.223. The molecule has 0 saturated carbocycles. The minimum Gasteiger partial charge on any atom is -0.480 e. The molecule has 0 radical (unpaired) electrons. The number of carboxylic acid groups (broad SMARTS) is 1. The number of aliphatic carboxylic acids is 1. The number of non-ortho nitro benzene ring substituents is 1. The topological polar surface area (TPSA) is 127 Å². The molecule has 20 heavy (non-hydrogen) atoms. The lowest BCUT2D eigenvalue weighted by atomic mass is 10.0. The van der Waals surface area contributed by atoms with Gasteiger partial charge < -0.3 is 15.7 Å². The highest BCUT2D eigenvalue weighted by Crippen LogP contribution is 2.22. The second kappa shape index (κ2) is 4.89. The molecule has 0 aromatic heterocycles. The summed E-state index contributed by atoms with van der Waals surface area (Å²) < 4.78 is 0. The number of amides is 1. The monoisotopic (exact) mass is 279 g/mol. The number of rotatable bonds is 3. The molecule has 1 aliphatic rings. The van der Waals surface area contributed by atoms with Crippen molar-refractivity contribution >= 4 is 17.6 Å². The van der Waals surface area contributed by atoms with Crippen LogP contribution >= 0.6 is 0 Å². The van der Waals surface area contributed by atoms with Gasteiger partial charge in [-0.2, -0.15) is 0 Å². The lowest BCUT2D eigenvalue weighted by Crippen LogP contribution is -2.50. The first kappa shape index (κ1) is 13.9. The van der Waals surface area contributed by atoms with Gasteiger partial charge in [-0.25, -0.2) is 0 Å². The Morgan fingerprint density at radius 1 is 1.45 bits per heavy atom. The van der Waals surface area contributed by atoms with Gasteiger partial charge in [0, 0.05) is 30.8 Å². The van der Waals surface area contributed by atoms with Gasteiger partial charge in [0.2, 0.25) is 0 Å². The SMILES string of the molecule is NC1(C(=O)O)CCN(C(=O)c2cccc([N+](=O)[O-])c2)C1. The van der Waals surface area contributed by atoms with Gasteiger partial charge in [0.15, 0.2) is 0 Å². The molecule has 0 bridgehead atoms. The molecule has 1 atom stereocenters. The van der Waals surface area contributed by atoms with Crippen molar-refractivity contribution in [3.8, 4) is 0 Å². The number of carbonyl (C=O) groups excluding carboxylic acids is 1. The molecule has 1 aromatic carbocycles. The number of nitrogens with two attached hydrogens (primary N) is 1. The number of nitro groups is 1. The quantitative estimate of drug-likeness (QED) is 0.602. The zero-order valence-electron chi connectivity index (χ0n) is 10.5. The Bertz CT molecular complexity index is 588. The molecule has 0 spiro atoms. The van der Waals surface area contributed by atoms with Gasteiger partial charge in [-0.3, -0.25) is 19.7 Å². The van der Waals surface area contributed by atoms with E-state index < -0.39 is 22.3 Å².